The molecule has 1 N–H and O–H groups in total. The Morgan fingerprint density at radius 1 is 0.831 bits per heavy atom. The number of carbonyl (C=O) groups is 2. The Balaban J connectivity index is 1.16. The summed E-state index contributed by atoms with van der Waals surface area (Å²) in [5.74, 6) is -0.710. The zero-order valence-corrected chi connectivity index (χ0v) is 38.0. The van der Waals surface area contributed by atoms with Crippen molar-refractivity contribution in [1.82, 2.24) is 0 Å². The third kappa shape index (κ3) is 8.97. The second kappa shape index (κ2) is 19.0. The molecule has 6 atom stereocenters. The average molecular weight is 877 g/mol. The van der Waals surface area contributed by atoms with Gasteiger partial charge in [0.15, 0.2) is 12.2 Å². The molecule has 2 aliphatic carbocycles. The molecule has 9 nitrogen and oxygen atoms in total. The molecule has 1 fully saturated rings. The Labute approximate surface area is 381 Å². The Kier molecular flexibility index (Phi) is 13.0. The highest BCUT2D eigenvalue weighted by Gasteiger charge is 2.57. The van der Waals surface area contributed by atoms with E-state index < -0.39 is 42.0 Å². The summed E-state index contributed by atoms with van der Waals surface area (Å²) in [6.07, 6.45) is 8.87. The van der Waals surface area contributed by atoms with Crippen molar-refractivity contribution in [1.29, 1.82) is 0 Å². The summed E-state index contributed by atoms with van der Waals surface area (Å²) in [7, 11) is 1.55. The van der Waals surface area contributed by atoms with Gasteiger partial charge in [0, 0.05) is 54.2 Å². The van der Waals surface area contributed by atoms with Crippen LogP contribution in [0.25, 0.3) is 11.0 Å². The number of hydrogen-bond donors (Lipinski definition) is 1. The first kappa shape index (κ1) is 44.4. The quantitative estimate of drug-likeness (QED) is 0.0703. The fraction of sp³-hybridized carbons (Fsp3) is 0.411. The zero-order valence-electron chi connectivity index (χ0n) is 38.0. The predicted molar refractivity (Wildman–Crippen MR) is 250 cm³/mol. The van der Waals surface area contributed by atoms with Crippen LogP contribution in [0.2, 0.25) is 0 Å². The van der Waals surface area contributed by atoms with Crippen LogP contribution in [0.15, 0.2) is 124 Å². The highest BCUT2D eigenvalue weighted by atomic mass is 16.6. The van der Waals surface area contributed by atoms with Crippen LogP contribution in [-0.2, 0) is 49.7 Å². The van der Waals surface area contributed by atoms with Crippen LogP contribution in [0.3, 0.4) is 0 Å². The third-order valence-electron chi connectivity index (χ3n) is 14.7. The minimum Gasteiger partial charge on any atom is -0.483 e. The smallest absolute Gasteiger partial charge is 0.339 e. The van der Waals surface area contributed by atoms with Gasteiger partial charge in [-0.15, -0.1) is 0 Å². The summed E-state index contributed by atoms with van der Waals surface area (Å²) in [5, 5.41) is 11.3. The molecule has 5 aliphatic rings. The first-order chi connectivity index (χ1) is 31.5. The number of benzene rings is 4. The fourth-order valence-electron chi connectivity index (χ4n) is 11.1. The van der Waals surface area contributed by atoms with E-state index in [0.29, 0.717) is 52.7 Å². The SMILES string of the molecule is COCCc1c(CO)c2ccc3c(c2oc1=O)C1OC(=O)CC2CC(c4cccc(Cc5ccccc5)c4)C=CC2c2ccc(cc2)CCC(=C(C)C)C(=O)OC1C(C)(C1CCCC1)O3. The number of fused-ring (bicyclic) bond motifs is 11. The molecular weight excluding hydrogens is 817 g/mol. The molecule has 0 saturated heterocycles. The van der Waals surface area contributed by atoms with Crippen LogP contribution in [0.1, 0.15) is 128 Å². The van der Waals surface area contributed by atoms with Crippen LogP contribution in [0.4, 0.5) is 0 Å². The van der Waals surface area contributed by atoms with E-state index in [1.54, 1.807) is 19.2 Å². The molecule has 65 heavy (non-hydrogen) atoms. The maximum Gasteiger partial charge on any atom is 0.339 e. The second-order valence-corrected chi connectivity index (χ2v) is 18.9. The van der Waals surface area contributed by atoms with Crippen LogP contribution in [0, 0.1) is 11.8 Å². The van der Waals surface area contributed by atoms with Crippen molar-refractivity contribution in [2.24, 2.45) is 11.8 Å². The van der Waals surface area contributed by atoms with Crippen molar-refractivity contribution in [3.8, 4) is 5.75 Å². The molecule has 5 aromatic rings. The lowest BCUT2D eigenvalue weighted by atomic mass is 9.72. The maximum absolute atomic E-state index is 15.1. The maximum atomic E-state index is 15.1. The standard InChI is InChI=1S/C56H60O9/c1-34(2)43-23-19-35-17-20-38(21-18-35)44-24-22-40(39-14-10-13-37(30-39)29-36-11-6-5-7-12-36)31-41(44)32-49(58)62-52-50-48(65-56(3,42-15-8-9-16-42)53(52)64-54(43)59)26-25-45-47(33-57)46(27-28-61-4)55(60)63-51(45)50/h5-7,10-14,17-18,20-22,24-26,30,40-42,44,52-53,57H,8-9,15-16,19,23,27-29,31-33H2,1-4H3. The molecule has 2 bridgehead atoms. The fourth-order valence-corrected chi connectivity index (χ4v) is 11.1. The van der Waals surface area contributed by atoms with E-state index in [2.05, 4.69) is 84.9 Å². The topological polar surface area (TPSA) is 122 Å². The summed E-state index contributed by atoms with van der Waals surface area (Å²) in [5.41, 5.74) is 6.72. The lowest BCUT2D eigenvalue weighted by Gasteiger charge is -2.48. The Morgan fingerprint density at radius 2 is 1.60 bits per heavy atom. The van der Waals surface area contributed by atoms with Gasteiger partial charge in [-0.3, -0.25) is 4.79 Å². The van der Waals surface area contributed by atoms with E-state index in [9.17, 15) is 14.7 Å². The predicted octanol–water partition coefficient (Wildman–Crippen LogP) is 10.7. The molecule has 338 valence electrons. The first-order valence-electron chi connectivity index (χ1n) is 23.4. The molecule has 0 radical (unpaired) electrons. The van der Waals surface area contributed by atoms with Gasteiger partial charge in [-0.1, -0.05) is 109 Å². The Hall–Kier alpha value is -5.77. The van der Waals surface area contributed by atoms with Gasteiger partial charge in [0.05, 0.1) is 18.8 Å². The minimum atomic E-state index is -1.20. The highest BCUT2D eigenvalue weighted by Crippen LogP contribution is 2.53. The average Bonchev–Trinajstić information content (AvgIpc) is 3.86. The highest BCUT2D eigenvalue weighted by molar-refractivity contribution is 5.90. The number of carbonyl (C=O) groups excluding carboxylic acids is 2. The summed E-state index contributed by atoms with van der Waals surface area (Å²) >= 11 is 0. The van der Waals surface area contributed by atoms with Crippen molar-refractivity contribution in [3.05, 3.63) is 169 Å². The van der Waals surface area contributed by atoms with Crippen molar-refractivity contribution < 1.29 is 38.1 Å². The van der Waals surface area contributed by atoms with E-state index >= 15 is 4.79 Å². The lowest BCUT2D eigenvalue weighted by Crippen LogP contribution is -2.58. The molecule has 4 heterocycles. The van der Waals surface area contributed by atoms with Crippen LogP contribution in [0.5, 0.6) is 5.75 Å². The van der Waals surface area contributed by atoms with E-state index in [1.165, 1.54) is 16.7 Å². The van der Waals surface area contributed by atoms with E-state index in [0.717, 1.165) is 48.8 Å². The number of methoxy groups -OCH3 is 1. The van der Waals surface area contributed by atoms with Crippen molar-refractivity contribution in [3.63, 3.8) is 0 Å². The summed E-state index contributed by atoms with van der Waals surface area (Å²) in [6, 6.07) is 31.4. The molecule has 0 amide bonds. The zero-order chi connectivity index (χ0) is 45.2. The number of aliphatic hydroxyl groups excluding tert-OH is 1. The molecular formula is C56H60O9. The third-order valence-corrected chi connectivity index (χ3v) is 14.7. The number of ether oxygens (including phenoxy) is 4. The van der Waals surface area contributed by atoms with Crippen molar-refractivity contribution in [2.45, 2.75) is 121 Å². The number of aryl methyl sites for hydroxylation is 1. The van der Waals surface area contributed by atoms with Gasteiger partial charge in [0.2, 0.25) is 0 Å². The van der Waals surface area contributed by atoms with E-state index in [4.69, 9.17) is 23.4 Å². The second-order valence-electron chi connectivity index (χ2n) is 18.9. The summed E-state index contributed by atoms with van der Waals surface area (Å²) < 4.78 is 32.1. The van der Waals surface area contributed by atoms with Crippen LogP contribution >= 0.6 is 0 Å². The number of esters is 2. The Morgan fingerprint density at radius 3 is 2.34 bits per heavy atom. The van der Waals surface area contributed by atoms with Crippen LogP contribution < -0.4 is 10.4 Å². The van der Waals surface area contributed by atoms with Gasteiger partial charge in [-0.05, 0) is 111 Å². The van der Waals surface area contributed by atoms with Gasteiger partial charge in [-0.2, -0.15) is 0 Å². The number of hydrogen-bond acceptors (Lipinski definition) is 9. The van der Waals surface area contributed by atoms with Crippen LogP contribution in [-0.4, -0.2) is 42.5 Å². The molecule has 10 rings (SSSR count). The number of allylic oxidation sites excluding steroid dienone is 3. The molecule has 9 heteroatoms. The van der Waals surface area contributed by atoms with Gasteiger partial charge in [0.1, 0.15) is 16.9 Å². The normalized spacial score (nSPS) is 24.8. The van der Waals surface area contributed by atoms with Gasteiger partial charge in [0.25, 0.3) is 0 Å². The van der Waals surface area contributed by atoms with Crippen molar-refractivity contribution in [2.75, 3.05) is 13.7 Å². The molecule has 1 saturated carbocycles. The monoisotopic (exact) mass is 876 g/mol. The molecule has 4 aromatic carbocycles. The number of aliphatic hydroxyl groups is 1. The van der Waals surface area contributed by atoms with Gasteiger partial charge >= 0.3 is 17.6 Å². The Bertz CT molecular complexity index is 2670. The van der Waals surface area contributed by atoms with Gasteiger partial charge in [-0.25, -0.2) is 9.59 Å². The van der Waals surface area contributed by atoms with E-state index in [1.807, 2.05) is 26.8 Å². The summed E-state index contributed by atoms with van der Waals surface area (Å²) in [6.45, 7) is 5.63. The molecule has 1 aromatic heterocycles. The van der Waals surface area contributed by atoms with Gasteiger partial charge < -0.3 is 28.5 Å². The molecule has 3 aliphatic heterocycles. The first-order valence-corrected chi connectivity index (χ1v) is 23.4. The van der Waals surface area contributed by atoms with Crippen molar-refractivity contribution >= 4 is 22.9 Å². The largest absolute Gasteiger partial charge is 0.483 e. The van der Waals surface area contributed by atoms with E-state index in [-0.39, 0.29) is 48.7 Å². The number of rotatable bonds is 8. The molecule has 0 spiro atoms. The molecule has 6 unspecified atom stereocenters. The lowest BCUT2D eigenvalue weighted by molar-refractivity contribution is -0.199. The summed E-state index contributed by atoms with van der Waals surface area (Å²) in [4.78, 5) is 43.6. The minimum absolute atomic E-state index is 0.0215.